The van der Waals surface area contributed by atoms with Crippen molar-refractivity contribution in [2.45, 2.75) is 20.1 Å². The number of amides is 1. The molecule has 0 bridgehead atoms. The lowest BCUT2D eigenvalue weighted by Crippen LogP contribution is -2.24. The minimum atomic E-state index is -0.325. The van der Waals surface area contributed by atoms with Gasteiger partial charge >= 0.3 is 0 Å². The highest BCUT2D eigenvalue weighted by molar-refractivity contribution is 5.90. The lowest BCUT2D eigenvalue weighted by molar-refractivity contribution is 0.0941. The van der Waals surface area contributed by atoms with E-state index < -0.39 is 0 Å². The standard InChI is InChI=1S/C12H14N4O2/c1-8-14-11(16-15-8)12(18)13-6-9-3-2-4-10(5-9)7-17/h2-5,17H,6-7H2,1H3,(H,13,18)(H,14,15,16). The molecule has 0 atom stereocenters. The Bertz CT molecular complexity index is 551. The van der Waals surface area contributed by atoms with Gasteiger partial charge in [0.15, 0.2) is 0 Å². The molecule has 0 aliphatic carbocycles. The monoisotopic (exact) mass is 246 g/mol. The summed E-state index contributed by atoms with van der Waals surface area (Å²) in [5.41, 5.74) is 1.73. The van der Waals surface area contributed by atoms with E-state index in [0.29, 0.717) is 12.4 Å². The van der Waals surface area contributed by atoms with Gasteiger partial charge in [-0.05, 0) is 18.1 Å². The van der Waals surface area contributed by atoms with Gasteiger partial charge in [0.2, 0.25) is 5.82 Å². The van der Waals surface area contributed by atoms with Gasteiger partial charge in [0.05, 0.1) is 6.61 Å². The molecule has 0 spiro atoms. The normalized spacial score (nSPS) is 10.3. The molecule has 18 heavy (non-hydrogen) atoms. The van der Waals surface area contributed by atoms with Crippen molar-refractivity contribution in [3.8, 4) is 0 Å². The van der Waals surface area contributed by atoms with Crippen LogP contribution in [0.2, 0.25) is 0 Å². The van der Waals surface area contributed by atoms with Gasteiger partial charge in [-0.1, -0.05) is 24.3 Å². The number of benzene rings is 1. The molecule has 0 unspecified atom stereocenters. The van der Waals surface area contributed by atoms with Crippen molar-refractivity contribution >= 4 is 5.91 Å². The maximum absolute atomic E-state index is 11.7. The first-order chi connectivity index (χ1) is 8.69. The highest BCUT2D eigenvalue weighted by atomic mass is 16.3. The van der Waals surface area contributed by atoms with E-state index in [4.69, 9.17) is 5.11 Å². The summed E-state index contributed by atoms with van der Waals surface area (Å²) in [5, 5.41) is 18.1. The summed E-state index contributed by atoms with van der Waals surface area (Å²) in [6.07, 6.45) is 0. The van der Waals surface area contributed by atoms with Crippen molar-refractivity contribution in [1.82, 2.24) is 20.5 Å². The van der Waals surface area contributed by atoms with Gasteiger partial charge < -0.3 is 10.4 Å². The molecule has 2 aromatic rings. The number of carbonyl (C=O) groups is 1. The Balaban J connectivity index is 1.97. The van der Waals surface area contributed by atoms with Crippen LogP contribution >= 0.6 is 0 Å². The topological polar surface area (TPSA) is 90.9 Å². The number of nitrogens with zero attached hydrogens (tertiary/aromatic N) is 2. The highest BCUT2D eigenvalue weighted by Crippen LogP contribution is 2.05. The lowest BCUT2D eigenvalue weighted by Gasteiger charge is -2.04. The van der Waals surface area contributed by atoms with E-state index in [-0.39, 0.29) is 18.3 Å². The van der Waals surface area contributed by atoms with E-state index in [2.05, 4.69) is 20.5 Å². The zero-order valence-electron chi connectivity index (χ0n) is 9.97. The van der Waals surface area contributed by atoms with Crippen molar-refractivity contribution in [1.29, 1.82) is 0 Å². The lowest BCUT2D eigenvalue weighted by atomic mass is 10.1. The maximum atomic E-state index is 11.7. The second kappa shape index (κ2) is 5.42. The van der Waals surface area contributed by atoms with E-state index in [1.807, 2.05) is 24.3 Å². The molecule has 0 aliphatic rings. The molecule has 2 rings (SSSR count). The highest BCUT2D eigenvalue weighted by Gasteiger charge is 2.10. The van der Waals surface area contributed by atoms with Crippen molar-refractivity contribution in [2.75, 3.05) is 0 Å². The van der Waals surface area contributed by atoms with E-state index in [1.165, 1.54) is 0 Å². The second-order valence-corrected chi connectivity index (χ2v) is 3.91. The summed E-state index contributed by atoms with van der Waals surface area (Å²) >= 11 is 0. The van der Waals surface area contributed by atoms with Crippen LogP contribution in [0.5, 0.6) is 0 Å². The van der Waals surface area contributed by atoms with E-state index in [9.17, 15) is 4.79 Å². The third kappa shape index (κ3) is 2.92. The number of aromatic amines is 1. The number of nitrogens with one attached hydrogen (secondary N) is 2. The molecule has 0 radical (unpaired) electrons. The van der Waals surface area contributed by atoms with Crippen molar-refractivity contribution < 1.29 is 9.90 Å². The van der Waals surface area contributed by atoms with Gasteiger partial charge in [-0.3, -0.25) is 9.89 Å². The Morgan fingerprint density at radius 2 is 2.22 bits per heavy atom. The summed E-state index contributed by atoms with van der Waals surface area (Å²) in [5.74, 6) is 0.405. The fourth-order valence-corrected chi connectivity index (χ4v) is 1.54. The first-order valence-corrected chi connectivity index (χ1v) is 5.55. The Morgan fingerprint density at radius 3 is 2.89 bits per heavy atom. The van der Waals surface area contributed by atoms with Crippen LogP contribution in [0.1, 0.15) is 27.6 Å². The number of aliphatic hydroxyl groups excluding tert-OH is 1. The molecular formula is C12H14N4O2. The van der Waals surface area contributed by atoms with Crippen LogP contribution in [0.4, 0.5) is 0 Å². The zero-order valence-corrected chi connectivity index (χ0v) is 9.97. The predicted octanol–water partition coefficient (Wildman–Crippen LogP) is 0.535. The summed E-state index contributed by atoms with van der Waals surface area (Å²) in [4.78, 5) is 15.6. The molecule has 0 fully saturated rings. The van der Waals surface area contributed by atoms with Gasteiger partial charge in [0, 0.05) is 6.54 Å². The molecule has 0 aliphatic heterocycles. The molecule has 1 aromatic carbocycles. The number of H-pyrrole nitrogens is 1. The molecule has 3 N–H and O–H groups in total. The Morgan fingerprint density at radius 1 is 1.44 bits per heavy atom. The predicted molar refractivity (Wildman–Crippen MR) is 64.7 cm³/mol. The zero-order chi connectivity index (χ0) is 13.0. The second-order valence-electron chi connectivity index (χ2n) is 3.91. The van der Waals surface area contributed by atoms with Gasteiger partial charge in [0.25, 0.3) is 5.91 Å². The van der Waals surface area contributed by atoms with Crippen LogP contribution < -0.4 is 5.32 Å². The van der Waals surface area contributed by atoms with Crippen LogP contribution in [0.3, 0.4) is 0 Å². The van der Waals surface area contributed by atoms with Gasteiger partial charge in [-0.15, -0.1) is 5.10 Å². The Kier molecular flexibility index (Phi) is 3.69. The maximum Gasteiger partial charge on any atom is 0.291 e. The molecule has 0 saturated carbocycles. The molecule has 6 heteroatoms. The first-order valence-electron chi connectivity index (χ1n) is 5.55. The number of hydrogen-bond acceptors (Lipinski definition) is 4. The third-order valence-electron chi connectivity index (χ3n) is 2.43. The first kappa shape index (κ1) is 12.3. The van der Waals surface area contributed by atoms with E-state index >= 15 is 0 Å². The number of rotatable bonds is 4. The SMILES string of the molecule is Cc1nc(C(=O)NCc2cccc(CO)c2)n[nH]1. The summed E-state index contributed by atoms with van der Waals surface area (Å²) in [6.45, 7) is 2.09. The Labute approximate surface area is 104 Å². The average molecular weight is 246 g/mol. The molecule has 0 saturated heterocycles. The van der Waals surface area contributed by atoms with E-state index in [1.54, 1.807) is 6.92 Å². The van der Waals surface area contributed by atoms with Crippen LogP contribution in [0.15, 0.2) is 24.3 Å². The molecule has 1 aromatic heterocycles. The Hall–Kier alpha value is -2.21. The molecule has 94 valence electrons. The van der Waals surface area contributed by atoms with E-state index in [0.717, 1.165) is 11.1 Å². The average Bonchev–Trinajstić information content (AvgIpc) is 2.83. The van der Waals surface area contributed by atoms with Gasteiger partial charge in [-0.25, -0.2) is 4.98 Å². The van der Waals surface area contributed by atoms with Gasteiger partial charge in [0.1, 0.15) is 5.82 Å². The van der Waals surface area contributed by atoms with Crippen LogP contribution in [-0.4, -0.2) is 26.2 Å². The third-order valence-corrected chi connectivity index (χ3v) is 2.43. The molecule has 6 nitrogen and oxygen atoms in total. The van der Waals surface area contributed by atoms with Gasteiger partial charge in [-0.2, -0.15) is 0 Å². The largest absolute Gasteiger partial charge is 0.392 e. The number of aryl methyl sites for hydroxylation is 1. The van der Waals surface area contributed by atoms with Crippen molar-refractivity contribution in [3.63, 3.8) is 0 Å². The minimum absolute atomic E-state index is 0.0120. The number of aromatic nitrogens is 3. The number of carbonyl (C=O) groups excluding carboxylic acids is 1. The minimum Gasteiger partial charge on any atom is -0.392 e. The fourth-order valence-electron chi connectivity index (χ4n) is 1.54. The summed E-state index contributed by atoms with van der Waals surface area (Å²) in [7, 11) is 0. The molecule has 1 amide bonds. The van der Waals surface area contributed by atoms with Crippen LogP contribution in [-0.2, 0) is 13.2 Å². The van der Waals surface area contributed by atoms with Crippen LogP contribution in [0, 0.1) is 6.92 Å². The quantitative estimate of drug-likeness (QED) is 0.734. The number of hydrogen-bond donors (Lipinski definition) is 3. The van der Waals surface area contributed by atoms with Crippen LogP contribution in [0.25, 0.3) is 0 Å². The number of aliphatic hydroxyl groups is 1. The summed E-state index contributed by atoms with van der Waals surface area (Å²) in [6, 6.07) is 7.38. The van der Waals surface area contributed by atoms with Crippen molar-refractivity contribution in [3.05, 3.63) is 47.0 Å². The molecule has 1 heterocycles. The fraction of sp³-hybridized carbons (Fsp3) is 0.250. The smallest absolute Gasteiger partial charge is 0.291 e. The van der Waals surface area contributed by atoms with Crippen molar-refractivity contribution in [2.24, 2.45) is 0 Å². The summed E-state index contributed by atoms with van der Waals surface area (Å²) < 4.78 is 0. The molecular weight excluding hydrogens is 232 g/mol.